The van der Waals surface area contributed by atoms with Crippen LogP contribution in [0, 0.1) is 13.8 Å². The fraction of sp³-hybridized carbons (Fsp3) is 0.316. The predicted molar refractivity (Wildman–Crippen MR) is 214 cm³/mol. The molecule has 52 heavy (non-hydrogen) atoms. The molecule has 2 aliphatic heterocycles. The molecule has 14 heteroatoms. The van der Waals surface area contributed by atoms with Crippen molar-refractivity contribution in [3.63, 3.8) is 0 Å². The summed E-state index contributed by atoms with van der Waals surface area (Å²) in [5.41, 5.74) is 7.02. The lowest BCUT2D eigenvalue weighted by molar-refractivity contribution is 0.249. The Morgan fingerprint density at radius 2 is 1.10 bits per heavy atom. The van der Waals surface area contributed by atoms with Crippen molar-refractivity contribution in [3.8, 4) is 23.0 Å². The number of anilines is 2. The van der Waals surface area contributed by atoms with Gasteiger partial charge in [0.05, 0.1) is 5.02 Å². The summed E-state index contributed by atoms with van der Waals surface area (Å²) in [6, 6.07) is 24.4. The van der Waals surface area contributed by atoms with Gasteiger partial charge in [0.2, 0.25) is 10.3 Å². The second-order valence-corrected chi connectivity index (χ2v) is 15.2. The summed E-state index contributed by atoms with van der Waals surface area (Å²) in [6.45, 7) is 14.3. The van der Waals surface area contributed by atoms with Gasteiger partial charge in [-0.05, 0) is 60.4 Å². The zero-order valence-corrected chi connectivity index (χ0v) is 32.3. The molecule has 0 saturated carbocycles. The van der Waals surface area contributed by atoms with E-state index in [1.807, 2.05) is 12.1 Å². The van der Waals surface area contributed by atoms with Gasteiger partial charge < -0.3 is 9.80 Å². The molecule has 10 nitrogen and oxygen atoms in total. The van der Waals surface area contributed by atoms with E-state index in [2.05, 4.69) is 111 Å². The van der Waals surface area contributed by atoms with E-state index in [9.17, 15) is 0 Å². The topological polar surface area (TPSA) is 90.3 Å². The Balaban J connectivity index is 0.000000162. The van der Waals surface area contributed by atoms with Crippen LogP contribution >= 0.6 is 46.3 Å². The van der Waals surface area contributed by atoms with Crippen LogP contribution in [-0.4, -0.2) is 90.8 Å². The molecule has 4 aromatic heterocycles. The monoisotopic (exact) mass is 770 g/mol. The summed E-state index contributed by atoms with van der Waals surface area (Å²) in [4.78, 5) is 27.5. The number of halogens is 2. The average molecular weight is 772 g/mol. The lowest BCUT2D eigenvalue weighted by Gasteiger charge is -2.34. The average Bonchev–Trinajstić information content (AvgIpc) is 3.87. The van der Waals surface area contributed by atoms with Gasteiger partial charge in [0.15, 0.2) is 11.6 Å². The fourth-order valence-electron chi connectivity index (χ4n) is 6.18. The van der Waals surface area contributed by atoms with Crippen LogP contribution in [0.15, 0.2) is 85.2 Å². The maximum Gasteiger partial charge on any atom is 0.205 e. The van der Waals surface area contributed by atoms with Crippen molar-refractivity contribution in [2.75, 3.05) is 62.2 Å². The number of rotatable bonds is 8. The van der Waals surface area contributed by atoms with E-state index in [-0.39, 0.29) is 0 Å². The van der Waals surface area contributed by atoms with Crippen molar-refractivity contribution in [1.82, 2.24) is 38.5 Å². The first kappa shape index (κ1) is 36.3. The van der Waals surface area contributed by atoms with E-state index in [0.29, 0.717) is 21.7 Å². The third kappa shape index (κ3) is 9.30. The van der Waals surface area contributed by atoms with E-state index in [1.165, 1.54) is 45.3 Å². The summed E-state index contributed by atoms with van der Waals surface area (Å²) >= 11 is 14.8. The second-order valence-electron chi connectivity index (χ2n) is 12.9. The molecule has 0 bridgehead atoms. The Bertz CT molecular complexity index is 2060. The highest BCUT2D eigenvalue weighted by atomic mass is 35.5. The maximum absolute atomic E-state index is 6.04. The third-order valence-corrected chi connectivity index (χ3v) is 11.3. The highest BCUT2D eigenvalue weighted by Crippen LogP contribution is 2.27. The van der Waals surface area contributed by atoms with E-state index in [4.69, 9.17) is 23.2 Å². The standard InChI is InChI=1S/2C19H20ClN5S/c1-14-4-2-3-5-15(14)13-24-8-10-25(11-9-24)19-22-18(23-26-19)17-12-16(20)6-7-21-17;1-14-4-2-3-5-15(14)13-24-8-10-25(11-9-24)19-22-18(23-26-19)17-7-6-16(20)12-21-17/h2*2-7,12H,8-11,13H2,1H3. The molecule has 0 aliphatic carbocycles. The molecule has 6 heterocycles. The number of aromatic nitrogens is 6. The lowest BCUT2D eigenvalue weighted by Crippen LogP contribution is -2.46. The van der Waals surface area contributed by atoms with E-state index in [0.717, 1.165) is 87.1 Å². The van der Waals surface area contributed by atoms with Gasteiger partial charge in [0.25, 0.3) is 0 Å². The molecule has 2 saturated heterocycles. The molecule has 0 unspecified atom stereocenters. The first-order chi connectivity index (χ1) is 25.4. The predicted octanol–water partition coefficient (Wildman–Crippen LogP) is 7.77. The molecular formula is C38H40Cl2N10S2. The van der Waals surface area contributed by atoms with Crippen LogP contribution in [0.2, 0.25) is 10.0 Å². The number of pyridine rings is 2. The Kier molecular flexibility index (Phi) is 12.0. The molecule has 0 radical (unpaired) electrons. The first-order valence-corrected chi connectivity index (χ1v) is 19.6. The summed E-state index contributed by atoms with van der Waals surface area (Å²) in [7, 11) is 0. The largest absolute Gasteiger partial charge is 0.344 e. The van der Waals surface area contributed by atoms with Gasteiger partial charge in [0.1, 0.15) is 11.4 Å². The van der Waals surface area contributed by atoms with Crippen molar-refractivity contribution in [3.05, 3.63) is 117 Å². The summed E-state index contributed by atoms with van der Waals surface area (Å²) < 4.78 is 8.91. The molecule has 0 N–H and O–H groups in total. The molecule has 8 rings (SSSR count). The van der Waals surface area contributed by atoms with Gasteiger partial charge >= 0.3 is 0 Å². The van der Waals surface area contributed by atoms with Gasteiger partial charge in [-0.3, -0.25) is 19.8 Å². The number of piperazine rings is 2. The normalized spacial score (nSPS) is 15.4. The van der Waals surface area contributed by atoms with Gasteiger partial charge in [-0.2, -0.15) is 18.7 Å². The molecule has 6 aromatic rings. The third-order valence-electron chi connectivity index (χ3n) is 9.33. The van der Waals surface area contributed by atoms with Crippen molar-refractivity contribution in [1.29, 1.82) is 0 Å². The SMILES string of the molecule is Cc1ccccc1CN1CCN(c2nc(-c3cc(Cl)ccn3)ns2)CC1.Cc1ccccc1CN1CCN(c2nc(-c3ccc(Cl)cn3)ns2)CC1. The second kappa shape index (κ2) is 17.2. The Morgan fingerprint density at radius 1 is 0.577 bits per heavy atom. The lowest BCUT2D eigenvalue weighted by atomic mass is 10.1. The van der Waals surface area contributed by atoms with Crippen LogP contribution < -0.4 is 9.80 Å². The number of aryl methyl sites for hydroxylation is 2. The van der Waals surface area contributed by atoms with Gasteiger partial charge in [-0.1, -0.05) is 71.7 Å². The summed E-state index contributed by atoms with van der Waals surface area (Å²) in [5, 5.41) is 3.19. The highest BCUT2D eigenvalue weighted by molar-refractivity contribution is 7.10. The minimum absolute atomic E-state index is 0.619. The minimum atomic E-state index is 0.619. The first-order valence-electron chi connectivity index (χ1n) is 17.3. The minimum Gasteiger partial charge on any atom is -0.344 e. The number of benzene rings is 2. The van der Waals surface area contributed by atoms with Gasteiger partial charge in [-0.25, -0.2) is 0 Å². The Morgan fingerprint density at radius 3 is 1.58 bits per heavy atom. The van der Waals surface area contributed by atoms with Crippen LogP contribution in [0.4, 0.5) is 10.3 Å². The van der Waals surface area contributed by atoms with Crippen LogP contribution in [0.25, 0.3) is 23.0 Å². The van der Waals surface area contributed by atoms with Crippen molar-refractivity contribution >= 4 is 56.5 Å². The Hall–Kier alpha value is -4.04. The number of hydrogen-bond acceptors (Lipinski definition) is 12. The molecule has 268 valence electrons. The van der Waals surface area contributed by atoms with Crippen molar-refractivity contribution in [2.24, 2.45) is 0 Å². The maximum atomic E-state index is 6.04. The number of nitrogens with zero attached hydrogens (tertiary/aromatic N) is 10. The smallest absolute Gasteiger partial charge is 0.205 e. The van der Waals surface area contributed by atoms with E-state index >= 15 is 0 Å². The zero-order valence-electron chi connectivity index (χ0n) is 29.2. The van der Waals surface area contributed by atoms with Crippen molar-refractivity contribution < 1.29 is 0 Å². The Labute approximate surface area is 323 Å². The van der Waals surface area contributed by atoms with E-state index in [1.54, 1.807) is 24.5 Å². The molecule has 2 aliphatic rings. The van der Waals surface area contributed by atoms with E-state index < -0.39 is 0 Å². The van der Waals surface area contributed by atoms with Gasteiger partial charge in [0, 0.05) is 106 Å². The molecule has 0 atom stereocenters. The fourth-order valence-corrected chi connectivity index (χ4v) is 7.91. The molecule has 0 amide bonds. The zero-order chi connectivity index (χ0) is 35.9. The van der Waals surface area contributed by atoms with Crippen LogP contribution in [0.1, 0.15) is 22.3 Å². The van der Waals surface area contributed by atoms with Crippen LogP contribution in [0.3, 0.4) is 0 Å². The summed E-state index contributed by atoms with van der Waals surface area (Å²) in [5.74, 6) is 1.32. The van der Waals surface area contributed by atoms with Crippen molar-refractivity contribution in [2.45, 2.75) is 26.9 Å². The van der Waals surface area contributed by atoms with Crippen LogP contribution in [-0.2, 0) is 13.1 Å². The molecular weight excluding hydrogens is 732 g/mol. The van der Waals surface area contributed by atoms with Gasteiger partial charge in [-0.15, -0.1) is 0 Å². The highest BCUT2D eigenvalue weighted by Gasteiger charge is 2.22. The summed E-state index contributed by atoms with van der Waals surface area (Å²) in [6.07, 6.45) is 3.31. The number of hydrogen-bond donors (Lipinski definition) is 0. The molecule has 2 fully saturated rings. The molecule has 0 spiro atoms. The molecule has 2 aromatic carbocycles. The van der Waals surface area contributed by atoms with Crippen LogP contribution in [0.5, 0.6) is 0 Å². The quantitative estimate of drug-likeness (QED) is 0.153.